The third-order valence-electron chi connectivity index (χ3n) is 4.63. The fourth-order valence-corrected chi connectivity index (χ4v) is 3.52. The molecular weight excluding hydrogens is 369 g/mol. The lowest BCUT2D eigenvalue weighted by Crippen LogP contribution is -2.57. The average Bonchev–Trinajstić information content (AvgIpc) is 2.94. The summed E-state index contributed by atoms with van der Waals surface area (Å²) in [5.41, 5.74) is 1.38. The number of hydrogen-bond donors (Lipinski definition) is 2. The zero-order valence-electron chi connectivity index (χ0n) is 13.6. The SMILES string of the molecule is OC1(CN2CNc3ccc(-c4ccc(C(F)(F)F)cc4Cl)cc32)COC1. The number of rotatable bonds is 3. The molecule has 2 aliphatic heterocycles. The monoisotopic (exact) mass is 384 g/mol. The lowest BCUT2D eigenvalue weighted by Gasteiger charge is -2.39. The van der Waals surface area contributed by atoms with Crippen molar-refractivity contribution in [2.75, 3.05) is 36.6 Å². The van der Waals surface area contributed by atoms with Gasteiger partial charge in [-0.15, -0.1) is 0 Å². The van der Waals surface area contributed by atoms with Crippen molar-refractivity contribution in [2.24, 2.45) is 0 Å². The van der Waals surface area contributed by atoms with Gasteiger partial charge < -0.3 is 20.1 Å². The topological polar surface area (TPSA) is 44.7 Å². The van der Waals surface area contributed by atoms with Gasteiger partial charge in [-0.25, -0.2) is 0 Å². The van der Waals surface area contributed by atoms with Gasteiger partial charge in [-0.1, -0.05) is 23.7 Å². The summed E-state index contributed by atoms with van der Waals surface area (Å²) in [5, 5.41) is 13.6. The van der Waals surface area contributed by atoms with Gasteiger partial charge in [0.2, 0.25) is 0 Å². The van der Waals surface area contributed by atoms with E-state index in [2.05, 4.69) is 5.32 Å². The Balaban J connectivity index is 1.65. The highest BCUT2D eigenvalue weighted by Crippen LogP contribution is 2.40. The van der Waals surface area contributed by atoms with E-state index in [0.29, 0.717) is 37.6 Å². The van der Waals surface area contributed by atoms with Gasteiger partial charge in [-0.2, -0.15) is 13.2 Å². The van der Waals surface area contributed by atoms with Crippen LogP contribution >= 0.6 is 11.6 Å². The number of ether oxygens (including phenoxy) is 1. The Bertz CT molecular complexity index is 853. The quantitative estimate of drug-likeness (QED) is 0.840. The highest BCUT2D eigenvalue weighted by atomic mass is 35.5. The van der Waals surface area contributed by atoms with Crippen LogP contribution in [0.25, 0.3) is 11.1 Å². The Morgan fingerprint density at radius 1 is 1.19 bits per heavy atom. The number of nitrogens with zero attached hydrogens (tertiary/aromatic N) is 1. The molecule has 0 aliphatic carbocycles. The van der Waals surface area contributed by atoms with Crippen LogP contribution in [-0.4, -0.2) is 37.1 Å². The molecule has 0 spiro atoms. The van der Waals surface area contributed by atoms with Crippen molar-refractivity contribution in [3.05, 3.63) is 47.0 Å². The summed E-state index contributed by atoms with van der Waals surface area (Å²) in [7, 11) is 0. The second kappa shape index (κ2) is 6.04. The van der Waals surface area contributed by atoms with E-state index in [-0.39, 0.29) is 5.02 Å². The number of β-amino-alcohol motifs (C(OH)–C–C–N with tert-alkyl or cyclic N) is 1. The van der Waals surface area contributed by atoms with Gasteiger partial charge >= 0.3 is 6.18 Å². The van der Waals surface area contributed by atoms with Gasteiger partial charge in [0.05, 0.1) is 43.4 Å². The summed E-state index contributed by atoms with van der Waals surface area (Å²) in [4.78, 5) is 1.99. The largest absolute Gasteiger partial charge is 0.416 e. The molecule has 2 N–H and O–H groups in total. The maximum absolute atomic E-state index is 12.8. The zero-order valence-corrected chi connectivity index (χ0v) is 14.4. The van der Waals surface area contributed by atoms with Crippen molar-refractivity contribution >= 4 is 23.0 Å². The molecule has 0 amide bonds. The first-order valence-electron chi connectivity index (χ1n) is 8.05. The Labute approximate surface area is 153 Å². The molecule has 4 rings (SSSR count). The number of nitrogens with one attached hydrogen (secondary N) is 1. The van der Waals surface area contributed by atoms with Gasteiger partial charge in [0.15, 0.2) is 0 Å². The van der Waals surface area contributed by atoms with Crippen LogP contribution in [0.3, 0.4) is 0 Å². The van der Waals surface area contributed by atoms with E-state index in [1.807, 2.05) is 23.1 Å². The van der Waals surface area contributed by atoms with E-state index >= 15 is 0 Å². The predicted octanol–water partition coefficient (Wildman–Crippen LogP) is 3.98. The second-order valence-electron chi connectivity index (χ2n) is 6.67. The van der Waals surface area contributed by atoms with Gasteiger partial charge in [-0.05, 0) is 29.8 Å². The van der Waals surface area contributed by atoms with Crippen LogP contribution in [0.4, 0.5) is 24.5 Å². The van der Waals surface area contributed by atoms with Crippen LogP contribution in [0.2, 0.25) is 5.02 Å². The third-order valence-corrected chi connectivity index (χ3v) is 4.95. The molecule has 0 radical (unpaired) electrons. The molecule has 2 aromatic carbocycles. The van der Waals surface area contributed by atoms with Crippen LogP contribution in [0.15, 0.2) is 36.4 Å². The summed E-state index contributed by atoms with van der Waals surface area (Å²) in [5.74, 6) is 0. The minimum absolute atomic E-state index is 0.0447. The number of hydrogen-bond acceptors (Lipinski definition) is 4. The summed E-state index contributed by atoms with van der Waals surface area (Å²) in [6.07, 6.45) is -4.43. The third kappa shape index (κ3) is 3.11. The Hall–Kier alpha value is -1.96. The van der Waals surface area contributed by atoms with Crippen molar-refractivity contribution in [1.29, 1.82) is 0 Å². The van der Waals surface area contributed by atoms with Crippen LogP contribution in [-0.2, 0) is 10.9 Å². The van der Waals surface area contributed by atoms with Gasteiger partial charge in [0.25, 0.3) is 0 Å². The molecule has 2 aliphatic rings. The predicted molar refractivity (Wildman–Crippen MR) is 93.5 cm³/mol. The van der Waals surface area contributed by atoms with Crippen LogP contribution < -0.4 is 10.2 Å². The van der Waals surface area contributed by atoms with Crippen molar-refractivity contribution in [2.45, 2.75) is 11.8 Å². The highest BCUT2D eigenvalue weighted by molar-refractivity contribution is 6.33. The minimum Gasteiger partial charge on any atom is -0.383 e. The Kier molecular flexibility index (Phi) is 4.06. The first-order chi connectivity index (χ1) is 12.3. The van der Waals surface area contributed by atoms with Crippen molar-refractivity contribution in [1.82, 2.24) is 0 Å². The van der Waals surface area contributed by atoms with E-state index in [1.165, 1.54) is 6.07 Å². The van der Waals surface area contributed by atoms with Gasteiger partial charge in [0.1, 0.15) is 5.60 Å². The van der Waals surface area contributed by atoms with Crippen LogP contribution in [0.5, 0.6) is 0 Å². The van der Waals surface area contributed by atoms with Gasteiger partial charge in [-0.3, -0.25) is 0 Å². The van der Waals surface area contributed by atoms with E-state index in [9.17, 15) is 18.3 Å². The maximum Gasteiger partial charge on any atom is 0.416 e. The number of fused-ring (bicyclic) bond motifs is 1. The smallest absolute Gasteiger partial charge is 0.383 e. The van der Waals surface area contributed by atoms with Crippen molar-refractivity contribution in [3.63, 3.8) is 0 Å². The van der Waals surface area contributed by atoms with Crippen LogP contribution in [0, 0.1) is 0 Å². The summed E-state index contributed by atoms with van der Waals surface area (Å²) >= 11 is 6.11. The molecule has 1 fully saturated rings. The molecule has 1 saturated heterocycles. The van der Waals surface area contributed by atoms with Crippen molar-refractivity contribution in [3.8, 4) is 11.1 Å². The van der Waals surface area contributed by atoms with E-state index in [4.69, 9.17) is 16.3 Å². The normalized spacial score (nSPS) is 18.3. The zero-order chi connectivity index (χ0) is 18.5. The molecule has 26 heavy (non-hydrogen) atoms. The highest BCUT2D eigenvalue weighted by Gasteiger charge is 2.39. The molecule has 0 bridgehead atoms. The first kappa shape index (κ1) is 17.5. The Morgan fingerprint density at radius 2 is 1.96 bits per heavy atom. The fraction of sp³-hybridized carbons (Fsp3) is 0.333. The molecular formula is C18H16ClF3N2O2. The lowest BCUT2D eigenvalue weighted by molar-refractivity contribution is -0.171. The molecule has 4 nitrogen and oxygen atoms in total. The average molecular weight is 385 g/mol. The molecule has 0 unspecified atom stereocenters. The molecule has 138 valence electrons. The second-order valence-corrected chi connectivity index (χ2v) is 7.08. The number of halogens is 4. The van der Waals surface area contributed by atoms with Crippen molar-refractivity contribution < 1.29 is 23.0 Å². The summed E-state index contributed by atoms with van der Waals surface area (Å²) in [6, 6.07) is 8.89. The lowest BCUT2D eigenvalue weighted by atomic mass is 10.00. The molecule has 2 aromatic rings. The standard InChI is InChI=1S/C18H16ClF3N2O2/c19-14-6-12(18(20,21)22)2-3-13(14)11-1-4-15-16(5-11)24(10-23-15)7-17(25)8-26-9-17/h1-6,23,25H,7-10H2. The maximum atomic E-state index is 12.8. The molecule has 2 heterocycles. The molecule has 0 atom stereocenters. The van der Waals surface area contributed by atoms with Crippen LogP contribution in [0.1, 0.15) is 5.56 Å². The molecule has 0 saturated carbocycles. The molecule has 0 aromatic heterocycles. The first-order valence-corrected chi connectivity index (χ1v) is 8.43. The van der Waals surface area contributed by atoms with E-state index in [1.54, 1.807) is 0 Å². The van der Waals surface area contributed by atoms with E-state index in [0.717, 1.165) is 23.5 Å². The molecule has 8 heteroatoms. The Morgan fingerprint density at radius 3 is 2.58 bits per heavy atom. The van der Waals surface area contributed by atoms with E-state index < -0.39 is 17.3 Å². The summed E-state index contributed by atoms with van der Waals surface area (Å²) in [6.45, 7) is 1.55. The number of aliphatic hydroxyl groups is 1. The number of benzene rings is 2. The summed E-state index contributed by atoms with van der Waals surface area (Å²) < 4.78 is 43.5. The fourth-order valence-electron chi connectivity index (χ4n) is 3.23. The number of alkyl halides is 3. The minimum atomic E-state index is -4.43. The van der Waals surface area contributed by atoms with Gasteiger partial charge in [0, 0.05) is 10.6 Å². The number of anilines is 2.